The highest BCUT2D eigenvalue weighted by atomic mass is 35.5. The van der Waals surface area contributed by atoms with Crippen LogP contribution in [0.1, 0.15) is 31.4 Å². The molecule has 5 heteroatoms. The number of ether oxygens (including phenoxy) is 1. The average Bonchev–Trinajstić information content (AvgIpc) is 3.31. The molecular formula is C16H21ClN2O2. The van der Waals surface area contributed by atoms with Gasteiger partial charge in [-0.3, -0.25) is 9.69 Å². The fraction of sp³-hybridized carbons (Fsp3) is 0.562. The van der Waals surface area contributed by atoms with Crippen molar-refractivity contribution in [1.29, 1.82) is 0 Å². The van der Waals surface area contributed by atoms with Gasteiger partial charge >= 0.3 is 0 Å². The molecule has 0 spiro atoms. The van der Waals surface area contributed by atoms with Crippen LogP contribution >= 0.6 is 11.6 Å². The fourth-order valence-electron chi connectivity index (χ4n) is 2.66. The molecule has 0 bridgehead atoms. The number of benzene rings is 1. The van der Waals surface area contributed by atoms with Gasteiger partial charge in [0.2, 0.25) is 5.91 Å². The van der Waals surface area contributed by atoms with E-state index in [4.69, 9.17) is 16.3 Å². The molecule has 0 radical (unpaired) electrons. The second kappa shape index (κ2) is 6.34. The first-order chi connectivity index (χ1) is 10.1. The molecule has 1 N–H and O–H groups in total. The van der Waals surface area contributed by atoms with E-state index in [1.165, 1.54) is 0 Å². The van der Waals surface area contributed by atoms with Crippen molar-refractivity contribution in [1.82, 2.24) is 10.2 Å². The maximum Gasteiger partial charge on any atom is 0.237 e. The quantitative estimate of drug-likeness (QED) is 0.928. The van der Waals surface area contributed by atoms with Crippen LogP contribution in [-0.2, 0) is 9.53 Å². The lowest BCUT2D eigenvalue weighted by molar-refractivity contribution is -0.129. The summed E-state index contributed by atoms with van der Waals surface area (Å²) in [5, 5.41) is 3.79. The molecule has 2 atom stereocenters. The van der Waals surface area contributed by atoms with Gasteiger partial charge in [-0.15, -0.1) is 0 Å². The maximum atomic E-state index is 12.2. The number of rotatable bonds is 4. The lowest BCUT2D eigenvalue weighted by Crippen LogP contribution is -2.50. The molecule has 1 heterocycles. The zero-order valence-electron chi connectivity index (χ0n) is 12.2. The van der Waals surface area contributed by atoms with E-state index in [1.54, 1.807) is 0 Å². The topological polar surface area (TPSA) is 41.6 Å². The number of amides is 1. The highest BCUT2D eigenvalue weighted by Crippen LogP contribution is 2.29. The third kappa shape index (κ3) is 3.57. The van der Waals surface area contributed by atoms with Crippen molar-refractivity contribution in [2.24, 2.45) is 0 Å². The third-order valence-electron chi connectivity index (χ3n) is 4.20. The first-order valence-electron chi connectivity index (χ1n) is 7.55. The summed E-state index contributed by atoms with van der Waals surface area (Å²) < 4.78 is 5.84. The Morgan fingerprint density at radius 1 is 1.43 bits per heavy atom. The van der Waals surface area contributed by atoms with Crippen LogP contribution < -0.4 is 5.32 Å². The number of nitrogens with zero attached hydrogens (tertiary/aromatic N) is 1. The zero-order valence-corrected chi connectivity index (χ0v) is 13.0. The van der Waals surface area contributed by atoms with E-state index in [1.807, 2.05) is 31.2 Å². The molecule has 2 fully saturated rings. The Balaban J connectivity index is 1.64. The molecule has 1 saturated heterocycles. The predicted octanol–water partition coefficient (Wildman–Crippen LogP) is 2.38. The van der Waals surface area contributed by atoms with Gasteiger partial charge in [0.15, 0.2) is 0 Å². The Morgan fingerprint density at radius 2 is 2.19 bits per heavy atom. The lowest BCUT2D eigenvalue weighted by Gasteiger charge is -2.36. The van der Waals surface area contributed by atoms with Gasteiger partial charge in [0, 0.05) is 29.7 Å². The van der Waals surface area contributed by atoms with E-state index in [0.29, 0.717) is 19.2 Å². The lowest BCUT2D eigenvalue weighted by atomic mass is 10.1. The average molecular weight is 309 g/mol. The van der Waals surface area contributed by atoms with E-state index < -0.39 is 0 Å². The van der Waals surface area contributed by atoms with E-state index in [2.05, 4.69) is 10.2 Å². The summed E-state index contributed by atoms with van der Waals surface area (Å²) in [6, 6.07) is 8.03. The molecule has 21 heavy (non-hydrogen) atoms. The molecule has 0 unspecified atom stereocenters. The van der Waals surface area contributed by atoms with Crippen LogP contribution in [0.2, 0.25) is 5.02 Å². The summed E-state index contributed by atoms with van der Waals surface area (Å²) in [5.74, 6) is 0.123. The van der Waals surface area contributed by atoms with E-state index >= 15 is 0 Å². The SMILES string of the molecule is C[C@H](C(=O)NC1CC1)N1CCO[C@H](c2ccccc2Cl)C1. The van der Waals surface area contributed by atoms with E-state index in [-0.39, 0.29) is 18.1 Å². The Morgan fingerprint density at radius 3 is 2.90 bits per heavy atom. The molecular weight excluding hydrogens is 288 g/mol. The summed E-state index contributed by atoms with van der Waals surface area (Å²) in [6.45, 7) is 4.06. The number of hydrogen-bond acceptors (Lipinski definition) is 3. The number of carbonyl (C=O) groups is 1. The standard InChI is InChI=1S/C16H21ClN2O2/c1-11(16(20)18-12-6-7-12)19-8-9-21-15(10-19)13-4-2-3-5-14(13)17/h2-5,11-12,15H,6-10H2,1H3,(H,18,20)/t11-,15+/m1/s1. The highest BCUT2D eigenvalue weighted by molar-refractivity contribution is 6.31. The number of nitrogens with one attached hydrogen (secondary N) is 1. The summed E-state index contributed by atoms with van der Waals surface area (Å²) in [4.78, 5) is 14.4. The first kappa shape index (κ1) is 14.8. The predicted molar refractivity (Wildman–Crippen MR) is 82.3 cm³/mol. The Bertz CT molecular complexity index is 519. The first-order valence-corrected chi connectivity index (χ1v) is 7.93. The maximum absolute atomic E-state index is 12.2. The summed E-state index contributed by atoms with van der Waals surface area (Å²) in [7, 11) is 0. The minimum absolute atomic E-state index is 0.0661. The molecule has 1 aliphatic heterocycles. The zero-order chi connectivity index (χ0) is 14.8. The van der Waals surface area contributed by atoms with Crippen molar-refractivity contribution in [3.05, 3.63) is 34.9 Å². The largest absolute Gasteiger partial charge is 0.371 e. The minimum atomic E-state index is -0.125. The van der Waals surface area contributed by atoms with Crippen LogP contribution in [0, 0.1) is 0 Å². The summed E-state index contributed by atoms with van der Waals surface area (Å²) >= 11 is 6.25. The smallest absolute Gasteiger partial charge is 0.237 e. The second-order valence-electron chi connectivity index (χ2n) is 5.83. The van der Waals surface area contributed by atoms with Gasteiger partial charge in [-0.2, -0.15) is 0 Å². The molecule has 1 aromatic carbocycles. The van der Waals surface area contributed by atoms with Gasteiger partial charge in [-0.05, 0) is 25.8 Å². The normalized spacial score (nSPS) is 24.6. The van der Waals surface area contributed by atoms with E-state index in [0.717, 1.165) is 30.0 Å². The van der Waals surface area contributed by atoms with Crippen LogP contribution in [0.4, 0.5) is 0 Å². The second-order valence-corrected chi connectivity index (χ2v) is 6.24. The minimum Gasteiger partial charge on any atom is -0.371 e. The van der Waals surface area contributed by atoms with Gasteiger partial charge < -0.3 is 10.1 Å². The van der Waals surface area contributed by atoms with E-state index in [9.17, 15) is 4.79 Å². The summed E-state index contributed by atoms with van der Waals surface area (Å²) in [5.41, 5.74) is 0.999. The monoisotopic (exact) mass is 308 g/mol. The van der Waals surface area contributed by atoms with Gasteiger partial charge in [0.25, 0.3) is 0 Å². The van der Waals surface area contributed by atoms with Gasteiger partial charge in [0.1, 0.15) is 0 Å². The fourth-order valence-corrected chi connectivity index (χ4v) is 2.92. The molecule has 1 aromatic rings. The number of carbonyl (C=O) groups excluding carboxylic acids is 1. The third-order valence-corrected chi connectivity index (χ3v) is 4.55. The van der Waals surface area contributed by atoms with Crippen molar-refractivity contribution < 1.29 is 9.53 Å². The Hall–Kier alpha value is -1.10. The summed E-state index contributed by atoms with van der Waals surface area (Å²) in [6.07, 6.45) is 2.16. The Kier molecular flexibility index (Phi) is 4.48. The molecule has 2 aliphatic rings. The molecule has 4 nitrogen and oxygen atoms in total. The van der Waals surface area contributed by atoms with Crippen molar-refractivity contribution in [2.45, 2.75) is 38.0 Å². The molecule has 114 valence electrons. The van der Waals surface area contributed by atoms with Crippen LogP contribution in [0.5, 0.6) is 0 Å². The Labute approximate surface area is 130 Å². The van der Waals surface area contributed by atoms with Crippen molar-refractivity contribution >= 4 is 17.5 Å². The van der Waals surface area contributed by atoms with Crippen molar-refractivity contribution in [2.75, 3.05) is 19.7 Å². The molecule has 1 aliphatic carbocycles. The molecule has 1 amide bonds. The van der Waals surface area contributed by atoms with Crippen molar-refractivity contribution in [3.63, 3.8) is 0 Å². The number of halogens is 1. The molecule has 3 rings (SSSR count). The van der Waals surface area contributed by atoms with Crippen LogP contribution in [0.25, 0.3) is 0 Å². The van der Waals surface area contributed by atoms with Gasteiger partial charge in [0.05, 0.1) is 18.8 Å². The van der Waals surface area contributed by atoms with Crippen LogP contribution in [0.3, 0.4) is 0 Å². The number of morpholine rings is 1. The van der Waals surface area contributed by atoms with Crippen LogP contribution in [-0.4, -0.2) is 42.6 Å². The van der Waals surface area contributed by atoms with Gasteiger partial charge in [-0.1, -0.05) is 29.8 Å². The molecule has 0 aromatic heterocycles. The highest BCUT2D eigenvalue weighted by Gasteiger charge is 2.32. The van der Waals surface area contributed by atoms with Crippen molar-refractivity contribution in [3.8, 4) is 0 Å². The number of hydrogen-bond donors (Lipinski definition) is 1. The van der Waals surface area contributed by atoms with Gasteiger partial charge in [-0.25, -0.2) is 0 Å². The molecule has 1 saturated carbocycles. The van der Waals surface area contributed by atoms with Crippen LogP contribution in [0.15, 0.2) is 24.3 Å².